The summed E-state index contributed by atoms with van der Waals surface area (Å²) in [7, 11) is 7.97. The maximum atomic E-state index is 13.3. The second-order valence-corrected chi connectivity index (χ2v) is 11.7. The fourth-order valence-corrected chi connectivity index (χ4v) is 6.15. The number of thiazole rings is 1. The van der Waals surface area contributed by atoms with Crippen molar-refractivity contribution >= 4 is 90.5 Å². The zero-order chi connectivity index (χ0) is 30.6. The Morgan fingerprint density at radius 1 is 1.29 bits per heavy atom. The molecule has 0 bridgehead atoms. The van der Waals surface area contributed by atoms with Gasteiger partial charge in [0.2, 0.25) is 5.76 Å². The molecule has 214 valence electrons. The van der Waals surface area contributed by atoms with Gasteiger partial charge < -0.3 is 24.2 Å². The van der Waals surface area contributed by atoms with Gasteiger partial charge in [0.05, 0.1) is 16.6 Å². The second kappa shape index (κ2) is 12.9. The highest BCUT2D eigenvalue weighted by Gasteiger charge is 2.57. The van der Waals surface area contributed by atoms with Crippen LogP contribution in [0.2, 0.25) is 0 Å². The molecule has 1 saturated heterocycles. The summed E-state index contributed by atoms with van der Waals surface area (Å²) in [5, 5.41) is 8.47. The van der Waals surface area contributed by atoms with E-state index >= 15 is 0 Å². The lowest BCUT2D eigenvalue weighted by atomic mass is 10.0. The van der Waals surface area contributed by atoms with Gasteiger partial charge >= 0.3 is 34.1 Å². The fourth-order valence-electron chi connectivity index (χ4n) is 3.45. The minimum Gasteiger partial charge on any atom is -0.539 e. The van der Waals surface area contributed by atoms with Crippen molar-refractivity contribution in [1.82, 2.24) is 15.2 Å². The first kappa shape index (κ1) is 31.8. The minimum absolute atomic E-state index is 0.00194. The van der Waals surface area contributed by atoms with Crippen molar-refractivity contribution in [3.63, 3.8) is 0 Å². The summed E-state index contributed by atoms with van der Waals surface area (Å²) in [6.07, 6.45) is -0.826. The number of anilines is 1. The van der Waals surface area contributed by atoms with Crippen LogP contribution in [0.5, 0.6) is 0 Å². The molecule has 41 heavy (non-hydrogen) atoms. The van der Waals surface area contributed by atoms with E-state index in [1.54, 1.807) is 20.8 Å². The van der Waals surface area contributed by atoms with E-state index in [1.807, 2.05) is 0 Å². The topological polar surface area (TPSA) is 192 Å². The number of hydrogen-bond acceptors (Lipinski definition) is 13. The van der Waals surface area contributed by atoms with Gasteiger partial charge in [0, 0.05) is 11.3 Å². The molecule has 3 heterocycles. The van der Waals surface area contributed by atoms with Crippen molar-refractivity contribution in [2.24, 2.45) is 5.16 Å². The van der Waals surface area contributed by atoms with Gasteiger partial charge in [-0.15, -0.1) is 22.9 Å². The molecule has 1 fully saturated rings. The maximum Gasteiger partial charge on any atom is 0.413 e. The molecular weight excluding hydrogens is 603 g/mol. The Balaban J connectivity index is 1.87. The monoisotopic (exact) mass is 623 g/mol. The van der Waals surface area contributed by atoms with E-state index in [1.165, 1.54) is 5.38 Å². The van der Waals surface area contributed by atoms with Crippen LogP contribution in [0.25, 0.3) is 0 Å². The van der Waals surface area contributed by atoms with Crippen LogP contribution in [-0.2, 0) is 48.9 Å². The summed E-state index contributed by atoms with van der Waals surface area (Å²) in [6, 6.07) is -1.39. The van der Waals surface area contributed by atoms with Gasteiger partial charge in [0.25, 0.3) is 11.8 Å². The normalized spacial score (nSPS) is 20.3. The van der Waals surface area contributed by atoms with Crippen LogP contribution < -0.4 is 10.6 Å². The number of carbonyl (C=O) groups is 5. The number of fused-ring (bicyclic) bond motifs is 1. The average molecular weight is 624 g/mol. The number of nitrogens with one attached hydrogen (secondary N) is 2. The van der Waals surface area contributed by atoms with Crippen molar-refractivity contribution in [2.75, 3.05) is 16.9 Å². The molecular formula is C21H20B2ClN5O10S2. The lowest BCUT2D eigenvalue weighted by Crippen LogP contribution is -2.74. The Labute approximate surface area is 246 Å². The molecule has 1 unspecified atom stereocenters. The van der Waals surface area contributed by atoms with E-state index in [9.17, 15) is 28.2 Å². The third kappa shape index (κ3) is 7.15. The molecule has 3 amide bonds. The van der Waals surface area contributed by atoms with Gasteiger partial charge in [-0.2, -0.15) is 0 Å². The number of carbonyl (C=O) groups excluding carboxylic acids is 5. The number of halogens is 1. The first-order valence-corrected chi connectivity index (χ1v) is 14.0. The number of aromatic nitrogens is 1. The molecule has 0 spiro atoms. The zero-order valence-corrected chi connectivity index (χ0v) is 24.0. The first-order chi connectivity index (χ1) is 19.2. The van der Waals surface area contributed by atoms with Crippen molar-refractivity contribution in [1.29, 1.82) is 0 Å². The standard InChI is InChI=1S/C21H20B2ClN5O10S2/c1-8(17(32)37-22)39-28-11(10-6-40-19(25-10)27-20(34)36-21(2,3)4)14(30)26-12-15(31)29-13(18(33)38-23)9(5-24)7-41(35)16(12)29/h6,12,16H,1,5,7H2,2-4H3,(H,26,30)(H,25,27,34)/b28-11-/t12-,16-,41?/m1/s1. The van der Waals surface area contributed by atoms with Crippen LogP contribution >= 0.6 is 22.9 Å². The van der Waals surface area contributed by atoms with E-state index < -0.39 is 69.1 Å². The number of ether oxygens (including phenoxy) is 1. The lowest BCUT2D eigenvalue weighted by Gasteiger charge is -2.49. The molecule has 4 radical (unpaired) electrons. The number of hydrogen-bond donors (Lipinski definition) is 2. The van der Waals surface area contributed by atoms with Gasteiger partial charge in [0.15, 0.2) is 10.8 Å². The molecule has 3 atom stereocenters. The average Bonchev–Trinajstić information content (AvgIpc) is 3.36. The Morgan fingerprint density at radius 2 is 1.98 bits per heavy atom. The van der Waals surface area contributed by atoms with E-state index in [0.717, 1.165) is 16.2 Å². The molecule has 1 aromatic rings. The van der Waals surface area contributed by atoms with E-state index in [0.29, 0.717) is 0 Å². The minimum atomic E-state index is -1.79. The molecule has 0 aliphatic carbocycles. The third-order valence-corrected chi connectivity index (χ3v) is 7.84. The Morgan fingerprint density at radius 3 is 2.56 bits per heavy atom. The van der Waals surface area contributed by atoms with Gasteiger partial charge in [-0.25, -0.2) is 19.4 Å². The van der Waals surface area contributed by atoms with Crippen molar-refractivity contribution < 1.29 is 47.1 Å². The van der Waals surface area contributed by atoms with Gasteiger partial charge in [-0.3, -0.25) is 24.0 Å². The van der Waals surface area contributed by atoms with Crippen LogP contribution in [0.1, 0.15) is 26.5 Å². The van der Waals surface area contributed by atoms with Gasteiger partial charge in [0.1, 0.15) is 28.4 Å². The molecule has 2 N–H and O–H groups in total. The van der Waals surface area contributed by atoms with E-state index in [-0.39, 0.29) is 33.7 Å². The van der Waals surface area contributed by atoms with Crippen LogP contribution in [0, 0.1) is 0 Å². The van der Waals surface area contributed by atoms with E-state index in [2.05, 4.69) is 36.7 Å². The molecule has 1 aromatic heterocycles. The van der Waals surface area contributed by atoms with Crippen LogP contribution in [0.4, 0.5) is 9.93 Å². The predicted octanol–water partition coefficient (Wildman–Crippen LogP) is -0.114. The summed E-state index contributed by atoms with van der Waals surface area (Å²) >= 11 is 6.73. The molecule has 3 rings (SSSR count). The second-order valence-electron chi connectivity index (χ2n) is 9.09. The van der Waals surface area contributed by atoms with Crippen LogP contribution in [0.3, 0.4) is 0 Å². The van der Waals surface area contributed by atoms with Gasteiger partial charge in [-0.1, -0.05) is 5.16 Å². The molecule has 15 nitrogen and oxygen atoms in total. The van der Waals surface area contributed by atoms with Gasteiger partial charge in [-0.05, 0) is 32.9 Å². The van der Waals surface area contributed by atoms with Crippen molar-refractivity contribution in [3.05, 3.63) is 34.7 Å². The molecule has 0 aromatic carbocycles. The van der Waals surface area contributed by atoms with Crippen LogP contribution in [-0.4, -0.2) is 94.4 Å². The summed E-state index contributed by atoms with van der Waals surface area (Å²) in [5.74, 6) is -5.29. The third-order valence-electron chi connectivity index (χ3n) is 5.10. The lowest BCUT2D eigenvalue weighted by molar-refractivity contribution is -0.149. The van der Waals surface area contributed by atoms with Crippen LogP contribution in [0.15, 0.2) is 34.1 Å². The number of alkyl halides is 1. The number of nitrogens with zero attached hydrogens (tertiary/aromatic N) is 3. The number of oxime groups is 1. The summed E-state index contributed by atoms with van der Waals surface area (Å²) in [6.45, 7) is 8.23. The predicted molar refractivity (Wildman–Crippen MR) is 146 cm³/mol. The highest BCUT2D eigenvalue weighted by atomic mass is 35.5. The maximum absolute atomic E-state index is 13.3. The SMILES string of the molecule is [B]OC(=O)C(=C)O/N=C(\C(=O)N[C@@H]1C(=O)N2C(C(=O)O[B])=C(CCl)CS(=O)[C@H]12)c1csc(NC(=O)OC(C)(C)C)n1. The number of β-lactam (4-membered cyclic amide) rings is 1. The Bertz CT molecular complexity index is 1390. The highest BCUT2D eigenvalue weighted by Crippen LogP contribution is 2.35. The summed E-state index contributed by atoms with van der Waals surface area (Å²) < 4.78 is 26.3. The molecule has 2 aliphatic rings. The van der Waals surface area contributed by atoms with Crippen molar-refractivity contribution in [2.45, 2.75) is 37.8 Å². The number of amides is 3. The highest BCUT2D eigenvalue weighted by molar-refractivity contribution is 7.86. The largest absolute Gasteiger partial charge is 0.539 e. The Hall–Kier alpha value is -3.70. The Kier molecular flexibility index (Phi) is 9.98. The summed E-state index contributed by atoms with van der Waals surface area (Å²) in [4.78, 5) is 71.9. The summed E-state index contributed by atoms with van der Waals surface area (Å²) in [5.41, 5.74) is -1.66. The first-order valence-electron chi connectivity index (χ1n) is 11.2. The fraction of sp³-hybridized carbons (Fsp3) is 0.381. The smallest absolute Gasteiger partial charge is 0.413 e. The molecule has 20 heteroatoms. The molecule has 2 aliphatic heterocycles. The van der Waals surface area contributed by atoms with E-state index in [4.69, 9.17) is 37.3 Å². The quantitative estimate of drug-likeness (QED) is 0.0709. The molecule has 0 saturated carbocycles. The van der Waals surface area contributed by atoms with Crippen molar-refractivity contribution in [3.8, 4) is 0 Å². The number of rotatable bonds is 9. The zero-order valence-electron chi connectivity index (χ0n) is 21.6.